The van der Waals surface area contributed by atoms with Gasteiger partial charge in [0.25, 0.3) is 0 Å². The predicted molar refractivity (Wildman–Crippen MR) is 148 cm³/mol. The number of benzene rings is 1. The van der Waals surface area contributed by atoms with Crippen LogP contribution >= 0.6 is 23.1 Å². The smallest absolute Gasteiger partial charge is 0.343 e. The number of morpholine rings is 1. The van der Waals surface area contributed by atoms with E-state index >= 15 is 0 Å². The molecular weight excluding hydrogens is 580 g/mol. The second-order valence-corrected chi connectivity index (χ2v) is 12.8. The summed E-state index contributed by atoms with van der Waals surface area (Å²) in [6.45, 7) is 5.07. The van der Waals surface area contributed by atoms with Gasteiger partial charge in [0.05, 0.1) is 29.4 Å². The molecule has 1 aliphatic rings. The molecular formula is C25H28N4O8S3. The molecule has 12 nitrogen and oxygen atoms in total. The van der Waals surface area contributed by atoms with Crippen LogP contribution in [0.25, 0.3) is 0 Å². The van der Waals surface area contributed by atoms with E-state index in [1.165, 1.54) is 57.7 Å². The van der Waals surface area contributed by atoms with Gasteiger partial charge in [0.1, 0.15) is 12.0 Å². The predicted octanol–water partition coefficient (Wildman–Crippen LogP) is 3.40. The number of carbonyl (C=O) groups excluding carboxylic acids is 2. The number of nitrogens with zero attached hydrogens (tertiary/aromatic N) is 3. The topological polar surface area (TPSA) is 158 Å². The van der Waals surface area contributed by atoms with Gasteiger partial charge in [0.15, 0.2) is 4.34 Å². The van der Waals surface area contributed by atoms with Gasteiger partial charge in [0.2, 0.25) is 32.2 Å². The van der Waals surface area contributed by atoms with Crippen molar-refractivity contribution in [1.82, 2.24) is 14.5 Å². The Morgan fingerprint density at radius 3 is 2.50 bits per heavy atom. The van der Waals surface area contributed by atoms with Gasteiger partial charge in [-0.3, -0.25) is 9.59 Å². The number of rotatable bonds is 11. The molecule has 0 bridgehead atoms. The van der Waals surface area contributed by atoms with E-state index in [2.05, 4.69) is 15.5 Å². The Bertz CT molecular complexity index is 1490. The van der Waals surface area contributed by atoms with Crippen molar-refractivity contribution < 1.29 is 31.9 Å². The molecule has 1 amide bonds. The van der Waals surface area contributed by atoms with Crippen LogP contribution in [0.2, 0.25) is 0 Å². The summed E-state index contributed by atoms with van der Waals surface area (Å²) in [4.78, 5) is 37.3. The molecule has 0 spiro atoms. The van der Waals surface area contributed by atoms with Crippen LogP contribution in [0.5, 0.6) is 5.75 Å². The summed E-state index contributed by atoms with van der Waals surface area (Å²) in [5.74, 6) is -0.726. The molecule has 0 atom stereocenters. The largest absolute Gasteiger partial charge is 0.464 e. The van der Waals surface area contributed by atoms with E-state index in [1.54, 1.807) is 0 Å². The molecule has 4 rings (SSSR count). The Balaban J connectivity index is 1.32. The Labute approximate surface area is 239 Å². The number of nitrogens with one attached hydrogen (secondary N) is 1. The fourth-order valence-electron chi connectivity index (χ4n) is 3.76. The maximum atomic E-state index is 12.7. The molecule has 40 heavy (non-hydrogen) atoms. The quantitative estimate of drug-likeness (QED) is 0.193. The Kier molecular flexibility index (Phi) is 10.1. The zero-order valence-corrected chi connectivity index (χ0v) is 24.3. The Morgan fingerprint density at radius 2 is 1.85 bits per heavy atom. The van der Waals surface area contributed by atoms with E-state index in [0.29, 0.717) is 28.4 Å². The third-order valence-electron chi connectivity index (χ3n) is 6.08. The standard InChI is InChI=1S/C25H28N4O8S3/c1-3-16(4-2)22(31)26-24-27-28-25(39-24)38-15-18-13-20(30)21(14-36-18)37-23(32)17-5-7-19(8-6-17)40(33,34)29-9-11-35-12-10-29/h5-8,13-14,16H,3-4,9-12,15H2,1-2H3,(H,26,27,31). The third kappa shape index (κ3) is 7.34. The van der Waals surface area contributed by atoms with Crippen LogP contribution in [-0.2, 0) is 25.3 Å². The normalized spacial score (nSPS) is 14.3. The first kappa shape index (κ1) is 29.9. The molecule has 0 unspecified atom stereocenters. The number of hydrogen-bond donors (Lipinski definition) is 1. The number of ether oxygens (including phenoxy) is 2. The van der Waals surface area contributed by atoms with Gasteiger partial charge >= 0.3 is 5.97 Å². The van der Waals surface area contributed by atoms with Crippen LogP contribution < -0.4 is 15.5 Å². The van der Waals surface area contributed by atoms with Crippen LogP contribution in [-0.4, -0.2) is 61.1 Å². The number of thioether (sulfide) groups is 1. The molecule has 0 aliphatic carbocycles. The molecule has 2 aromatic heterocycles. The second kappa shape index (κ2) is 13.5. The molecule has 1 N–H and O–H groups in total. The summed E-state index contributed by atoms with van der Waals surface area (Å²) >= 11 is 2.49. The molecule has 214 valence electrons. The summed E-state index contributed by atoms with van der Waals surface area (Å²) in [5.41, 5.74) is -0.486. The summed E-state index contributed by atoms with van der Waals surface area (Å²) in [6.07, 6.45) is 2.52. The summed E-state index contributed by atoms with van der Waals surface area (Å²) < 4.78 is 43.2. The zero-order valence-electron chi connectivity index (χ0n) is 21.8. The first-order valence-electron chi connectivity index (χ1n) is 12.5. The summed E-state index contributed by atoms with van der Waals surface area (Å²) in [5, 5.41) is 11.2. The highest BCUT2D eigenvalue weighted by Gasteiger charge is 2.26. The van der Waals surface area contributed by atoms with Crippen molar-refractivity contribution in [3.05, 3.63) is 58.1 Å². The number of hydrogen-bond acceptors (Lipinski definition) is 12. The molecule has 3 aromatic rings. The van der Waals surface area contributed by atoms with Gasteiger partial charge in [-0.05, 0) is 37.1 Å². The molecule has 1 aromatic carbocycles. The van der Waals surface area contributed by atoms with Crippen LogP contribution in [0.1, 0.15) is 42.8 Å². The fraction of sp³-hybridized carbons (Fsp3) is 0.400. The SMILES string of the molecule is CCC(CC)C(=O)Nc1nnc(SCc2cc(=O)c(OC(=O)c3ccc(S(=O)(=O)N4CCOCC4)cc3)co2)s1. The van der Waals surface area contributed by atoms with E-state index in [-0.39, 0.29) is 46.9 Å². The lowest BCUT2D eigenvalue weighted by atomic mass is 10.0. The molecule has 1 aliphatic heterocycles. The molecule has 15 heteroatoms. The summed E-state index contributed by atoms with van der Waals surface area (Å²) in [6, 6.07) is 6.50. The van der Waals surface area contributed by atoms with Crippen molar-refractivity contribution in [2.75, 3.05) is 31.6 Å². The van der Waals surface area contributed by atoms with Gasteiger partial charge in [-0.2, -0.15) is 4.31 Å². The lowest BCUT2D eigenvalue weighted by Gasteiger charge is -2.26. The number of sulfonamides is 1. The number of aromatic nitrogens is 2. The highest BCUT2D eigenvalue weighted by molar-refractivity contribution is 8.00. The molecule has 0 saturated carbocycles. The van der Waals surface area contributed by atoms with Crippen LogP contribution in [0.3, 0.4) is 0 Å². The lowest BCUT2D eigenvalue weighted by Crippen LogP contribution is -2.40. The maximum Gasteiger partial charge on any atom is 0.343 e. The second-order valence-electron chi connectivity index (χ2n) is 8.67. The highest BCUT2D eigenvalue weighted by atomic mass is 32.2. The number of esters is 1. The van der Waals surface area contributed by atoms with Gasteiger partial charge < -0.3 is 19.2 Å². The fourth-order valence-corrected chi connectivity index (χ4v) is 6.82. The first-order chi connectivity index (χ1) is 19.2. The van der Waals surface area contributed by atoms with Crippen LogP contribution in [0, 0.1) is 5.92 Å². The van der Waals surface area contributed by atoms with Crippen LogP contribution in [0.15, 0.2) is 55.0 Å². The number of amides is 1. The van der Waals surface area contributed by atoms with Gasteiger partial charge in [-0.1, -0.05) is 36.9 Å². The van der Waals surface area contributed by atoms with Crippen molar-refractivity contribution in [3.8, 4) is 5.75 Å². The van der Waals surface area contributed by atoms with E-state index in [1.807, 2.05) is 13.8 Å². The van der Waals surface area contributed by atoms with Gasteiger partial charge in [-0.25, -0.2) is 13.2 Å². The minimum absolute atomic E-state index is 0.0448. The summed E-state index contributed by atoms with van der Waals surface area (Å²) in [7, 11) is -3.70. The zero-order chi connectivity index (χ0) is 28.7. The first-order valence-corrected chi connectivity index (χ1v) is 15.7. The maximum absolute atomic E-state index is 12.7. The minimum atomic E-state index is -3.70. The number of anilines is 1. The van der Waals surface area contributed by atoms with E-state index < -0.39 is 21.4 Å². The lowest BCUT2D eigenvalue weighted by molar-refractivity contribution is -0.120. The Morgan fingerprint density at radius 1 is 1.15 bits per heavy atom. The van der Waals surface area contributed by atoms with Crippen molar-refractivity contribution in [3.63, 3.8) is 0 Å². The third-order valence-corrected chi connectivity index (χ3v) is 9.99. The minimum Gasteiger partial charge on any atom is -0.464 e. The molecule has 3 heterocycles. The molecule has 0 radical (unpaired) electrons. The molecule has 1 fully saturated rings. The van der Waals surface area contributed by atoms with Crippen molar-refractivity contribution >= 4 is 50.1 Å². The Hall–Kier alpha value is -3.11. The van der Waals surface area contributed by atoms with E-state index in [0.717, 1.165) is 19.1 Å². The van der Waals surface area contributed by atoms with Crippen molar-refractivity contribution in [1.29, 1.82) is 0 Å². The van der Waals surface area contributed by atoms with E-state index in [9.17, 15) is 22.8 Å². The van der Waals surface area contributed by atoms with Gasteiger partial charge in [-0.15, -0.1) is 10.2 Å². The highest BCUT2D eigenvalue weighted by Crippen LogP contribution is 2.29. The van der Waals surface area contributed by atoms with Crippen molar-refractivity contribution in [2.45, 2.75) is 41.7 Å². The van der Waals surface area contributed by atoms with Gasteiger partial charge in [0, 0.05) is 25.1 Å². The van der Waals surface area contributed by atoms with E-state index in [4.69, 9.17) is 13.9 Å². The monoisotopic (exact) mass is 608 g/mol. The number of carbonyl (C=O) groups is 2. The average Bonchev–Trinajstić information content (AvgIpc) is 3.41. The van der Waals surface area contributed by atoms with Crippen molar-refractivity contribution in [2.24, 2.45) is 5.92 Å². The van der Waals surface area contributed by atoms with Crippen LogP contribution in [0.4, 0.5) is 5.13 Å². The molecule has 1 saturated heterocycles. The average molecular weight is 609 g/mol.